The van der Waals surface area contributed by atoms with Crippen molar-refractivity contribution in [2.45, 2.75) is 39.0 Å². The quantitative estimate of drug-likeness (QED) is 0.606. The molecule has 0 bridgehead atoms. The Bertz CT molecular complexity index is 222. The van der Waals surface area contributed by atoms with Gasteiger partial charge in [-0.15, -0.1) is 0 Å². The van der Waals surface area contributed by atoms with Gasteiger partial charge in [0, 0.05) is 25.0 Å². The lowest BCUT2D eigenvalue weighted by molar-refractivity contribution is -0.117. The van der Waals surface area contributed by atoms with Crippen molar-refractivity contribution in [1.82, 2.24) is 9.80 Å². The number of carbonyl (C=O) groups excluding carboxylic acids is 1. The minimum atomic E-state index is -0.0263. The third-order valence-electron chi connectivity index (χ3n) is 3.79. The van der Waals surface area contributed by atoms with E-state index in [9.17, 15) is 4.79 Å². The summed E-state index contributed by atoms with van der Waals surface area (Å²) >= 11 is 0. The van der Waals surface area contributed by atoms with E-state index in [4.69, 9.17) is 0 Å². The smallest absolute Gasteiger partial charge is 0.127 e. The van der Waals surface area contributed by atoms with Crippen molar-refractivity contribution in [1.29, 1.82) is 0 Å². The maximum Gasteiger partial charge on any atom is 0.127 e. The molecular weight excluding hydrogens is 212 g/mol. The molecule has 1 aliphatic carbocycles. The van der Waals surface area contributed by atoms with Crippen LogP contribution in [0, 0.1) is 5.41 Å². The monoisotopic (exact) mass is 240 g/mol. The second kappa shape index (κ2) is 7.12. The van der Waals surface area contributed by atoms with Gasteiger partial charge >= 0.3 is 0 Å². The van der Waals surface area contributed by atoms with E-state index >= 15 is 0 Å². The summed E-state index contributed by atoms with van der Waals surface area (Å²) in [7, 11) is 4.21. The minimum Gasteiger partial charge on any atom is -0.308 e. The fourth-order valence-electron chi connectivity index (χ4n) is 2.77. The first-order valence-corrected chi connectivity index (χ1v) is 6.95. The number of hydrogen-bond acceptors (Lipinski definition) is 3. The summed E-state index contributed by atoms with van der Waals surface area (Å²) in [6.07, 6.45) is 7.05. The number of likely N-dealkylation sites (N-methyl/N-ethyl adjacent to an activating group) is 1. The van der Waals surface area contributed by atoms with Crippen LogP contribution < -0.4 is 0 Å². The maximum atomic E-state index is 11.4. The standard InChI is InChI=1S/C14H28N2O/c1-4-9-16(11-10-15(2)3)12-14(13-17)7-5-6-8-14/h13H,4-12H2,1-3H3. The molecule has 1 aliphatic rings. The zero-order valence-corrected chi connectivity index (χ0v) is 11.7. The lowest BCUT2D eigenvalue weighted by atomic mass is 9.87. The van der Waals surface area contributed by atoms with Crippen LogP contribution in [0.3, 0.4) is 0 Å². The average molecular weight is 240 g/mol. The lowest BCUT2D eigenvalue weighted by Gasteiger charge is -2.31. The van der Waals surface area contributed by atoms with Crippen LogP contribution in [0.1, 0.15) is 39.0 Å². The highest BCUT2D eigenvalue weighted by Gasteiger charge is 2.34. The molecule has 3 heteroatoms. The molecule has 0 aromatic heterocycles. The first-order valence-electron chi connectivity index (χ1n) is 6.95. The Kier molecular flexibility index (Phi) is 6.14. The molecular formula is C14H28N2O. The fourth-order valence-corrected chi connectivity index (χ4v) is 2.77. The zero-order valence-electron chi connectivity index (χ0n) is 11.7. The Morgan fingerprint density at radius 1 is 1.12 bits per heavy atom. The molecule has 0 unspecified atom stereocenters. The maximum absolute atomic E-state index is 11.4. The Balaban J connectivity index is 2.48. The molecule has 17 heavy (non-hydrogen) atoms. The van der Waals surface area contributed by atoms with Crippen molar-refractivity contribution in [2.75, 3.05) is 40.3 Å². The van der Waals surface area contributed by atoms with E-state index in [0.717, 1.165) is 39.0 Å². The molecule has 1 fully saturated rings. The van der Waals surface area contributed by atoms with Crippen molar-refractivity contribution in [3.8, 4) is 0 Å². The van der Waals surface area contributed by atoms with Crippen LogP contribution in [-0.2, 0) is 4.79 Å². The van der Waals surface area contributed by atoms with Gasteiger partial charge in [-0.3, -0.25) is 0 Å². The third-order valence-corrected chi connectivity index (χ3v) is 3.79. The molecule has 0 aromatic rings. The number of nitrogens with zero attached hydrogens (tertiary/aromatic N) is 2. The molecule has 0 N–H and O–H groups in total. The summed E-state index contributed by atoms with van der Waals surface area (Å²) in [6.45, 7) is 6.46. The van der Waals surface area contributed by atoms with E-state index in [2.05, 4.69) is 30.8 Å². The predicted molar refractivity (Wildman–Crippen MR) is 72.3 cm³/mol. The summed E-state index contributed by atoms with van der Waals surface area (Å²) in [5, 5.41) is 0. The second-order valence-corrected chi connectivity index (χ2v) is 5.77. The Hall–Kier alpha value is -0.410. The van der Waals surface area contributed by atoms with Crippen LogP contribution in [0.2, 0.25) is 0 Å². The highest BCUT2D eigenvalue weighted by atomic mass is 16.1. The lowest BCUT2D eigenvalue weighted by Crippen LogP contribution is -2.41. The van der Waals surface area contributed by atoms with Gasteiger partial charge in [0.25, 0.3) is 0 Å². The summed E-state index contributed by atoms with van der Waals surface area (Å²) in [5.41, 5.74) is -0.0263. The molecule has 0 atom stereocenters. The van der Waals surface area contributed by atoms with Gasteiger partial charge in [0.15, 0.2) is 0 Å². The van der Waals surface area contributed by atoms with Crippen LogP contribution in [0.25, 0.3) is 0 Å². The van der Waals surface area contributed by atoms with E-state index < -0.39 is 0 Å². The van der Waals surface area contributed by atoms with Crippen molar-refractivity contribution in [2.24, 2.45) is 5.41 Å². The topological polar surface area (TPSA) is 23.6 Å². The molecule has 1 rings (SSSR count). The van der Waals surface area contributed by atoms with Gasteiger partial charge in [-0.25, -0.2) is 0 Å². The van der Waals surface area contributed by atoms with Gasteiger partial charge < -0.3 is 14.6 Å². The van der Waals surface area contributed by atoms with E-state index in [-0.39, 0.29) is 5.41 Å². The summed E-state index contributed by atoms with van der Waals surface area (Å²) < 4.78 is 0. The molecule has 0 aliphatic heterocycles. The SMILES string of the molecule is CCCN(CCN(C)C)CC1(C=O)CCCC1. The highest BCUT2D eigenvalue weighted by molar-refractivity contribution is 5.60. The van der Waals surface area contributed by atoms with Crippen LogP contribution >= 0.6 is 0 Å². The van der Waals surface area contributed by atoms with Crippen molar-refractivity contribution in [3.05, 3.63) is 0 Å². The van der Waals surface area contributed by atoms with E-state index in [1.54, 1.807) is 0 Å². The van der Waals surface area contributed by atoms with Gasteiger partial charge in [-0.2, -0.15) is 0 Å². The van der Waals surface area contributed by atoms with Gasteiger partial charge in [-0.1, -0.05) is 19.8 Å². The van der Waals surface area contributed by atoms with Crippen LogP contribution in [-0.4, -0.2) is 56.4 Å². The van der Waals surface area contributed by atoms with Crippen molar-refractivity contribution >= 4 is 6.29 Å². The van der Waals surface area contributed by atoms with Crippen LogP contribution in [0.15, 0.2) is 0 Å². The molecule has 100 valence electrons. The molecule has 0 aromatic carbocycles. The highest BCUT2D eigenvalue weighted by Crippen LogP contribution is 2.36. The van der Waals surface area contributed by atoms with E-state index in [1.165, 1.54) is 25.5 Å². The molecule has 0 radical (unpaired) electrons. The molecule has 3 nitrogen and oxygen atoms in total. The largest absolute Gasteiger partial charge is 0.308 e. The Morgan fingerprint density at radius 3 is 2.24 bits per heavy atom. The Labute approximate surface area is 106 Å². The Morgan fingerprint density at radius 2 is 1.76 bits per heavy atom. The second-order valence-electron chi connectivity index (χ2n) is 5.77. The predicted octanol–water partition coefficient (Wildman–Crippen LogP) is 2.02. The minimum absolute atomic E-state index is 0.0263. The summed E-state index contributed by atoms with van der Waals surface area (Å²) in [5.74, 6) is 0. The molecule has 0 heterocycles. The van der Waals surface area contributed by atoms with Crippen molar-refractivity contribution in [3.63, 3.8) is 0 Å². The normalized spacial score (nSPS) is 19.1. The summed E-state index contributed by atoms with van der Waals surface area (Å²) in [4.78, 5) is 16.1. The number of rotatable bonds is 8. The average Bonchev–Trinajstić information content (AvgIpc) is 2.75. The van der Waals surface area contributed by atoms with Gasteiger partial charge in [-0.05, 0) is 39.9 Å². The van der Waals surface area contributed by atoms with Gasteiger partial charge in [0.1, 0.15) is 6.29 Å². The first kappa shape index (κ1) is 14.7. The fraction of sp³-hybridized carbons (Fsp3) is 0.929. The van der Waals surface area contributed by atoms with Gasteiger partial charge in [0.2, 0.25) is 0 Å². The summed E-state index contributed by atoms with van der Waals surface area (Å²) in [6, 6.07) is 0. The first-order chi connectivity index (χ1) is 8.12. The van der Waals surface area contributed by atoms with E-state index in [1.807, 2.05) is 0 Å². The third kappa shape index (κ3) is 4.76. The van der Waals surface area contributed by atoms with Gasteiger partial charge in [0.05, 0.1) is 0 Å². The van der Waals surface area contributed by atoms with Crippen LogP contribution in [0.4, 0.5) is 0 Å². The van der Waals surface area contributed by atoms with Crippen molar-refractivity contribution < 1.29 is 4.79 Å². The molecule has 0 spiro atoms. The number of hydrogen-bond donors (Lipinski definition) is 0. The molecule has 0 amide bonds. The zero-order chi connectivity index (χ0) is 12.7. The van der Waals surface area contributed by atoms with Crippen LogP contribution in [0.5, 0.6) is 0 Å². The molecule has 1 saturated carbocycles. The number of aldehydes is 1. The molecule has 0 saturated heterocycles. The number of carbonyl (C=O) groups is 1. The van der Waals surface area contributed by atoms with E-state index in [0.29, 0.717) is 0 Å².